The van der Waals surface area contributed by atoms with Gasteiger partial charge >= 0.3 is 0 Å². The molecule has 3 N–H and O–H groups in total. The fraction of sp³-hybridized carbons (Fsp3) is 0. The Bertz CT molecular complexity index is 1570. The molecule has 0 amide bonds. The molecule has 0 spiro atoms. The third-order valence-corrected chi connectivity index (χ3v) is 5.80. The van der Waals surface area contributed by atoms with Crippen LogP contribution in [-0.2, 0) is 20.2 Å². The molecule has 31 heavy (non-hydrogen) atoms. The summed E-state index contributed by atoms with van der Waals surface area (Å²) in [4.78, 5) is -1.73. The van der Waals surface area contributed by atoms with Gasteiger partial charge in [-0.2, -0.15) is 32.5 Å². The molecule has 3 aromatic rings. The first kappa shape index (κ1) is 21.8. The second-order valence-electron chi connectivity index (χ2n) is 6.06. The summed E-state index contributed by atoms with van der Waals surface area (Å²) in [6.45, 7) is 0. The Morgan fingerprint density at radius 2 is 1.48 bits per heavy atom. The third-order valence-electron chi connectivity index (χ3n) is 4.09. The number of hydrogen-bond donors (Lipinski definition) is 3. The van der Waals surface area contributed by atoms with Crippen molar-refractivity contribution in [1.82, 2.24) is 0 Å². The average Bonchev–Trinajstić information content (AvgIpc) is 2.70. The minimum absolute atomic E-state index is 0.0116. The van der Waals surface area contributed by atoms with Gasteiger partial charge in [-0.05, 0) is 41.8 Å². The summed E-state index contributed by atoms with van der Waals surface area (Å²) in [6, 6.07) is 11.2. The summed E-state index contributed by atoms with van der Waals surface area (Å²) < 4.78 is 65.5. The fourth-order valence-corrected chi connectivity index (χ4v) is 4.08. The molecule has 0 aliphatic heterocycles. The predicted molar refractivity (Wildman–Crippen MR) is 105 cm³/mol. The number of hydrogen-bond acceptors (Lipinski definition) is 9. The topological polar surface area (TPSA) is 201 Å². The van der Waals surface area contributed by atoms with Crippen LogP contribution in [0.5, 0.6) is 5.75 Å². The van der Waals surface area contributed by atoms with E-state index in [-0.39, 0.29) is 27.6 Å². The second-order valence-corrected chi connectivity index (χ2v) is 8.87. The van der Waals surface area contributed by atoms with Crippen molar-refractivity contribution in [2.45, 2.75) is 9.79 Å². The van der Waals surface area contributed by atoms with Gasteiger partial charge in [0.2, 0.25) is 0 Å². The Labute approximate surface area is 175 Å². The molecule has 3 rings (SSSR count). The van der Waals surface area contributed by atoms with Crippen molar-refractivity contribution in [3.8, 4) is 17.9 Å². The van der Waals surface area contributed by atoms with Crippen LogP contribution in [0.1, 0.15) is 11.1 Å². The third kappa shape index (κ3) is 4.35. The van der Waals surface area contributed by atoms with Crippen molar-refractivity contribution >= 4 is 42.4 Å². The molecule has 13 heteroatoms. The molecule has 0 radical (unpaired) electrons. The number of phenols is 1. The van der Waals surface area contributed by atoms with Gasteiger partial charge in [0.1, 0.15) is 28.5 Å². The van der Waals surface area contributed by atoms with Crippen molar-refractivity contribution in [1.29, 1.82) is 10.5 Å². The predicted octanol–water partition coefficient (Wildman–Crippen LogP) is 3.20. The molecule has 0 saturated heterocycles. The number of benzene rings is 3. The number of rotatable bonds is 4. The van der Waals surface area contributed by atoms with Crippen LogP contribution in [0.2, 0.25) is 0 Å². The van der Waals surface area contributed by atoms with Gasteiger partial charge in [0.05, 0.1) is 21.7 Å². The Morgan fingerprint density at radius 1 is 0.806 bits per heavy atom. The van der Waals surface area contributed by atoms with E-state index in [0.29, 0.717) is 6.07 Å². The van der Waals surface area contributed by atoms with Gasteiger partial charge in [-0.3, -0.25) is 9.11 Å². The number of aromatic hydroxyl groups is 1. The quantitative estimate of drug-likeness (QED) is 0.387. The van der Waals surface area contributed by atoms with Gasteiger partial charge in [-0.15, -0.1) is 5.11 Å². The molecule has 0 aliphatic rings. The van der Waals surface area contributed by atoms with Crippen LogP contribution >= 0.6 is 0 Å². The molecule has 0 fully saturated rings. The monoisotopic (exact) mass is 458 g/mol. The summed E-state index contributed by atoms with van der Waals surface area (Å²) in [6.07, 6.45) is 0. The van der Waals surface area contributed by atoms with Gasteiger partial charge in [0.15, 0.2) is 0 Å². The smallest absolute Gasteiger partial charge is 0.295 e. The van der Waals surface area contributed by atoms with Gasteiger partial charge in [-0.1, -0.05) is 6.07 Å². The highest BCUT2D eigenvalue weighted by Crippen LogP contribution is 2.41. The van der Waals surface area contributed by atoms with Gasteiger partial charge in [0.25, 0.3) is 20.2 Å². The zero-order chi connectivity index (χ0) is 23.0. The SMILES string of the molecule is N#Cc1ccc(N=Nc2c(O)ccc3cc(S(=O)(=O)O)cc(S(=O)(=O)O)c23)cc1C#N. The lowest BCUT2D eigenvalue weighted by Gasteiger charge is -2.10. The minimum Gasteiger partial charge on any atom is -0.506 e. The van der Waals surface area contributed by atoms with Gasteiger partial charge < -0.3 is 5.11 Å². The molecule has 0 unspecified atom stereocenters. The Kier molecular flexibility index (Phi) is 5.45. The van der Waals surface area contributed by atoms with E-state index in [1.165, 1.54) is 18.2 Å². The highest BCUT2D eigenvalue weighted by molar-refractivity contribution is 7.86. The maximum absolute atomic E-state index is 11.9. The number of phenolic OH excluding ortho intramolecular Hbond substituents is 1. The molecule has 156 valence electrons. The van der Waals surface area contributed by atoms with E-state index in [1.54, 1.807) is 0 Å². The molecular weight excluding hydrogens is 448 g/mol. The molecule has 0 bridgehead atoms. The summed E-state index contributed by atoms with van der Waals surface area (Å²) in [5.41, 5.74) is -0.219. The number of nitriles is 2. The largest absolute Gasteiger partial charge is 0.506 e. The molecule has 3 aromatic carbocycles. The van der Waals surface area contributed by atoms with E-state index in [0.717, 1.165) is 18.2 Å². The number of nitrogens with zero attached hydrogens (tertiary/aromatic N) is 4. The first-order valence-electron chi connectivity index (χ1n) is 8.06. The molecule has 0 atom stereocenters. The van der Waals surface area contributed by atoms with Crippen LogP contribution < -0.4 is 0 Å². The molecular formula is C18H10N4O7S2. The Hall–Kier alpha value is -3.88. The first-order valence-corrected chi connectivity index (χ1v) is 10.9. The molecule has 0 aliphatic carbocycles. The highest BCUT2D eigenvalue weighted by Gasteiger charge is 2.23. The Balaban J connectivity index is 2.31. The number of fused-ring (bicyclic) bond motifs is 1. The Morgan fingerprint density at radius 3 is 2.06 bits per heavy atom. The first-order chi connectivity index (χ1) is 14.5. The van der Waals surface area contributed by atoms with E-state index in [4.69, 9.17) is 10.5 Å². The van der Waals surface area contributed by atoms with E-state index in [2.05, 4.69) is 10.2 Å². The lowest BCUT2D eigenvalue weighted by molar-refractivity contribution is 0.477. The summed E-state index contributed by atoms with van der Waals surface area (Å²) >= 11 is 0. The normalized spacial score (nSPS) is 12.0. The van der Waals surface area contributed by atoms with Crippen LogP contribution in [0.15, 0.2) is 62.5 Å². The zero-order valence-corrected chi connectivity index (χ0v) is 16.8. The zero-order valence-electron chi connectivity index (χ0n) is 15.1. The average molecular weight is 458 g/mol. The van der Waals surface area contributed by atoms with Gasteiger partial charge in [0, 0.05) is 5.39 Å². The van der Waals surface area contributed by atoms with E-state index in [1.807, 2.05) is 12.1 Å². The van der Waals surface area contributed by atoms with E-state index >= 15 is 0 Å². The van der Waals surface area contributed by atoms with Crippen molar-refractivity contribution in [2.75, 3.05) is 0 Å². The van der Waals surface area contributed by atoms with Crippen molar-refractivity contribution < 1.29 is 31.0 Å². The molecule has 0 aromatic heterocycles. The van der Waals surface area contributed by atoms with Crippen molar-refractivity contribution in [3.63, 3.8) is 0 Å². The molecule has 11 nitrogen and oxygen atoms in total. The summed E-state index contributed by atoms with van der Waals surface area (Å²) in [5, 5.41) is 35.4. The van der Waals surface area contributed by atoms with E-state index in [9.17, 15) is 31.0 Å². The van der Waals surface area contributed by atoms with Crippen LogP contribution in [0, 0.1) is 22.7 Å². The van der Waals surface area contributed by atoms with Crippen molar-refractivity contribution in [2.24, 2.45) is 10.2 Å². The minimum atomic E-state index is -5.02. The highest BCUT2D eigenvalue weighted by atomic mass is 32.2. The summed E-state index contributed by atoms with van der Waals surface area (Å²) in [5.74, 6) is -0.546. The van der Waals surface area contributed by atoms with Crippen molar-refractivity contribution in [3.05, 3.63) is 53.6 Å². The molecule has 0 saturated carbocycles. The molecule has 0 heterocycles. The summed E-state index contributed by atoms with van der Waals surface area (Å²) in [7, 11) is -9.84. The van der Waals surface area contributed by atoms with E-state index < -0.39 is 41.5 Å². The fourth-order valence-electron chi connectivity index (χ4n) is 2.72. The van der Waals surface area contributed by atoms with Crippen LogP contribution in [0.25, 0.3) is 10.8 Å². The number of azo groups is 1. The lowest BCUT2D eigenvalue weighted by atomic mass is 10.1. The van der Waals surface area contributed by atoms with Crippen LogP contribution in [0.4, 0.5) is 11.4 Å². The maximum Gasteiger partial charge on any atom is 0.295 e. The standard InChI is InChI=1S/C18H10N4O7S2/c19-8-11-1-3-13(5-12(11)9-20)21-22-18-15(23)4-2-10-6-14(30(24,25)26)7-16(17(10)18)31(27,28)29/h1-7,23H,(H,24,25,26)(H,27,28,29). The van der Waals surface area contributed by atoms with Crippen LogP contribution in [0.3, 0.4) is 0 Å². The lowest BCUT2D eigenvalue weighted by Crippen LogP contribution is -2.04. The van der Waals surface area contributed by atoms with Crippen LogP contribution in [-0.4, -0.2) is 31.0 Å². The van der Waals surface area contributed by atoms with Gasteiger partial charge in [-0.25, -0.2) is 0 Å². The second kappa shape index (κ2) is 7.75. The maximum atomic E-state index is 11.9.